The van der Waals surface area contributed by atoms with E-state index in [9.17, 15) is 0 Å². The highest BCUT2D eigenvalue weighted by Crippen LogP contribution is 1.57. The van der Waals surface area contributed by atoms with Crippen molar-refractivity contribution in [3.63, 3.8) is 0 Å². The normalized spacial score (nSPS) is 8.20. The molecule has 0 aliphatic carbocycles. The summed E-state index contributed by atoms with van der Waals surface area (Å²) in [4.78, 5) is 9.06. The fraction of sp³-hybridized carbons (Fsp3) is 0. The Hall–Kier alpha value is 0.390. The molecule has 0 bridgehead atoms. The minimum Gasteiger partial charge on any atom is -0.235 e. The second kappa shape index (κ2) is 2.62. The van der Waals surface area contributed by atoms with Crippen molar-refractivity contribution in [2.24, 2.45) is 4.58 Å². The number of hydrogen-bond acceptors (Lipinski definition) is 4. The minimum atomic E-state index is -1.09. The molecule has 0 aromatic heterocycles. The Balaban J connectivity index is 3.69. The first-order valence-corrected chi connectivity index (χ1v) is 3.73. The molecule has 30 valence electrons. The summed E-state index contributed by atoms with van der Waals surface area (Å²) in [5, 5.41) is 0. The van der Waals surface area contributed by atoms with Gasteiger partial charge in [0, 0.05) is 0 Å². The summed E-state index contributed by atoms with van der Waals surface area (Å²) in [6, 6.07) is 0. The first kappa shape index (κ1) is 5.39. The molecule has 0 heterocycles. The molecule has 2 nitrogen and oxygen atoms in total. The van der Waals surface area contributed by atoms with Gasteiger partial charge in [-0.15, -0.1) is 0 Å². The summed E-state index contributed by atoms with van der Waals surface area (Å²) >= 11 is 8.29. The van der Waals surface area contributed by atoms with Crippen molar-refractivity contribution in [2.45, 2.75) is 0 Å². The molecule has 0 radical (unpaired) electrons. The molecule has 0 atom stereocenters. The maximum atomic E-state index is 9.06. The van der Waals surface area contributed by atoms with Crippen molar-refractivity contribution < 1.29 is 0 Å². The minimum absolute atomic E-state index is 1.09. The summed E-state index contributed by atoms with van der Waals surface area (Å²) in [5.74, 6) is 0. The third-order valence-corrected chi connectivity index (χ3v) is 0.548. The molecule has 0 rings (SSSR count). The zero-order valence-corrected chi connectivity index (χ0v) is 4.53. The number of hydrogen-bond donors (Lipinski definition) is 0. The zero-order chi connectivity index (χ0) is 4.28. The Morgan fingerprint density at radius 1 is 1.60 bits per heavy atom. The van der Waals surface area contributed by atoms with Gasteiger partial charge in [-0.2, -0.15) is 17.7 Å². The summed E-state index contributed by atoms with van der Waals surface area (Å²) in [6.45, 7) is 0. The third-order valence-electron chi connectivity index (χ3n) is 0.0609. The summed E-state index contributed by atoms with van der Waals surface area (Å²) in [5.41, 5.74) is 0. The average molecular weight is 126 g/mol. The molecular weight excluding hydrogens is 126 g/mol. The van der Waals surface area contributed by atoms with Gasteiger partial charge in [0.1, 0.15) is 0 Å². The highest BCUT2D eigenvalue weighted by Gasteiger charge is 1.32. The first-order chi connectivity index (χ1) is 2.27. The van der Waals surface area contributed by atoms with Crippen LogP contribution in [-0.2, 0) is 30.6 Å². The smallest absolute Gasteiger partial charge is 0.161 e. The van der Waals surface area contributed by atoms with E-state index in [1.165, 1.54) is 0 Å². The standard InChI is InChI=1S/NOS3/c2-1-5(3)4/q-1. The van der Waals surface area contributed by atoms with E-state index in [0.29, 0.717) is 0 Å². The van der Waals surface area contributed by atoms with Gasteiger partial charge in [0.2, 0.25) is 0 Å². The lowest BCUT2D eigenvalue weighted by Gasteiger charge is -1.70. The Morgan fingerprint density at radius 2 is 1.80 bits per heavy atom. The second-order valence-corrected chi connectivity index (χ2v) is 3.40. The highest BCUT2D eigenvalue weighted by atomic mass is 33.1. The first-order valence-electron chi connectivity index (χ1n) is 0.698. The average Bonchev–Trinajstić information content (AvgIpc) is 1.38. The van der Waals surface area contributed by atoms with Gasteiger partial charge in [0.05, 0.1) is 0 Å². The SMILES string of the molecule is O=N[S-](=S)=S. The molecule has 5 heavy (non-hydrogen) atoms. The van der Waals surface area contributed by atoms with E-state index in [4.69, 9.17) is 4.91 Å². The van der Waals surface area contributed by atoms with Crippen LogP contribution >= 0.6 is 0 Å². The molecule has 0 unspecified atom stereocenters. The van der Waals surface area contributed by atoms with E-state index >= 15 is 0 Å². The Kier molecular flexibility index (Phi) is 2.82. The van der Waals surface area contributed by atoms with E-state index < -0.39 is 8.20 Å². The van der Waals surface area contributed by atoms with E-state index in [-0.39, 0.29) is 0 Å². The van der Waals surface area contributed by atoms with Crippen LogP contribution in [0.15, 0.2) is 4.58 Å². The van der Waals surface area contributed by atoms with Crippen molar-refractivity contribution in [1.29, 1.82) is 0 Å². The number of nitroso groups, excluding NO2 is 1. The monoisotopic (exact) mass is 126 g/mol. The maximum Gasteiger partial charge on any atom is -0.161 e. The van der Waals surface area contributed by atoms with Crippen LogP contribution in [-0.4, -0.2) is 0 Å². The quantitative estimate of drug-likeness (QED) is 0.371. The van der Waals surface area contributed by atoms with Crippen LogP contribution in [0.3, 0.4) is 0 Å². The second-order valence-electron chi connectivity index (χ2n) is 0.292. The molecule has 0 aliphatic heterocycles. The van der Waals surface area contributed by atoms with Crippen LogP contribution in [0.2, 0.25) is 0 Å². The molecule has 0 amide bonds. The molecule has 0 N–H and O–H groups in total. The predicted octanol–water partition coefficient (Wildman–Crippen LogP) is 0.210. The molecule has 0 aliphatic rings. The molecule has 0 aromatic carbocycles. The van der Waals surface area contributed by atoms with Crippen LogP contribution in [0.25, 0.3) is 0 Å². The summed E-state index contributed by atoms with van der Waals surface area (Å²) in [7, 11) is -1.09. The lowest BCUT2D eigenvalue weighted by atomic mass is 13.7. The van der Waals surface area contributed by atoms with Gasteiger partial charge in [-0.1, -0.05) is 0 Å². The molecular formula is NOS3-. The summed E-state index contributed by atoms with van der Waals surface area (Å²) < 4.78 is 2.30. The molecule has 0 fully saturated rings. The van der Waals surface area contributed by atoms with Gasteiger partial charge in [0.15, 0.2) is 0 Å². The topological polar surface area (TPSA) is 29.4 Å². The van der Waals surface area contributed by atoms with Gasteiger partial charge in [-0.3, -0.25) is 0 Å². The number of rotatable bonds is 1. The van der Waals surface area contributed by atoms with Crippen molar-refractivity contribution in [3.05, 3.63) is 4.91 Å². The largest absolute Gasteiger partial charge is 0.235 e. The van der Waals surface area contributed by atoms with Crippen LogP contribution in [0.1, 0.15) is 0 Å². The van der Waals surface area contributed by atoms with Crippen molar-refractivity contribution >= 4 is 30.6 Å². The van der Waals surface area contributed by atoms with Crippen molar-refractivity contribution in [1.82, 2.24) is 0 Å². The van der Waals surface area contributed by atoms with Crippen LogP contribution < -0.4 is 0 Å². The lowest BCUT2D eigenvalue weighted by molar-refractivity contribution is 1.90. The van der Waals surface area contributed by atoms with Crippen LogP contribution in [0.4, 0.5) is 0 Å². The highest BCUT2D eigenvalue weighted by molar-refractivity contribution is 8.45. The molecule has 0 saturated heterocycles. The predicted molar refractivity (Wildman–Crippen MR) is 27.9 cm³/mol. The fourth-order valence-electron chi connectivity index (χ4n) is 0. The third kappa shape index (κ3) is 4.39. The zero-order valence-electron chi connectivity index (χ0n) is 2.08. The van der Waals surface area contributed by atoms with Crippen LogP contribution in [0, 0.1) is 4.91 Å². The molecule has 0 aromatic rings. The van der Waals surface area contributed by atoms with Gasteiger partial charge >= 0.3 is 0 Å². The van der Waals surface area contributed by atoms with E-state index in [2.05, 4.69) is 27.0 Å². The fourth-order valence-corrected chi connectivity index (χ4v) is 0. The molecule has 0 spiro atoms. The van der Waals surface area contributed by atoms with Crippen LogP contribution in [0.5, 0.6) is 0 Å². The lowest BCUT2D eigenvalue weighted by Crippen LogP contribution is -1.46. The van der Waals surface area contributed by atoms with E-state index in [0.717, 1.165) is 0 Å². The van der Waals surface area contributed by atoms with Gasteiger partial charge in [-0.25, -0.2) is 22.4 Å². The van der Waals surface area contributed by atoms with Crippen molar-refractivity contribution in [3.8, 4) is 0 Å². The Morgan fingerprint density at radius 3 is 1.80 bits per heavy atom. The number of nitrogens with zero attached hydrogens (tertiary/aromatic N) is 1. The van der Waals surface area contributed by atoms with E-state index in [1.807, 2.05) is 0 Å². The van der Waals surface area contributed by atoms with Gasteiger partial charge in [-0.05, 0) is 0 Å². The van der Waals surface area contributed by atoms with Gasteiger partial charge < -0.3 is 0 Å². The Bertz CT molecular complexity index is 83.1. The Labute approximate surface area is 40.5 Å². The molecule has 5 heteroatoms. The van der Waals surface area contributed by atoms with Gasteiger partial charge in [0.25, 0.3) is 0 Å². The summed E-state index contributed by atoms with van der Waals surface area (Å²) in [6.07, 6.45) is 0. The molecule has 0 saturated carbocycles. The van der Waals surface area contributed by atoms with E-state index in [1.54, 1.807) is 0 Å². The van der Waals surface area contributed by atoms with Crippen molar-refractivity contribution in [2.75, 3.05) is 0 Å². The maximum absolute atomic E-state index is 9.06.